The molecule has 1 atom stereocenters. The second kappa shape index (κ2) is 2.74. The lowest BCUT2D eigenvalue weighted by Gasteiger charge is -2.20. The van der Waals surface area contributed by atoms with Gasteiger partial charge in [-0.3, -0.25) is 0 Å². The molecule has 0 saturated heterocycles. The van der Waals surface area contributed by atoms with Crippen LogP contribution in [0.1, 0.15) is 22.4 Å². The van der Waals surface area contributed by atoms with E-state index in [0.29, 0.717) is 6.04 Å². The van der Waals surface area contributed by atoms with Gasteiger partial charge in [0, 0.05) is 16.7 Å². The van der Waals surface area contributed by atoms with E-state index in [4.69, 9.17) is 5.73 Å². The van der Waals surface area contributed by atoms with Crippen molar-refractivity contribution in [3.63, 3.8) is 0 Å². The van der Waals surface area contributed by atoms with Gasteiger partial charge in [0.1, 0.15) is 0 Å². The van der Waals surface area contributed by atoms with Crippen molar-refractivity contribution in [2.45, 2.75) is 25.8 Å². The summed E-state index contributed by atoms with van der Waals surface area (Å²) in [5, 5.41) is 0.975. The molecule has 1 aliphatic heterocycles. The van der Waals surface area contributed by atoms with Crippen LogP contribution in [0, 0.1) is 6.92 Å². The Morgan fingerprint density at radius 2 is 2.43 bits per heavy atom. The van der Waals surface area contributed by atoms with E-state index in [1.165, 1.54) is 28.0 Å². The lowest BCUT2D eigenvalue weighted by atomic mass is 9.89. The van der Waals surface area contributed by atoms with Crippen LogP contribution in [0.2, 0.25) is 0 Å². The number of nitrogens with one attached hydrogen (secondary N) is 2. The van der Waals surface area contributed by atoms with Crippen molar-refractivity contribution in [1.29, 1.82) is 0 Å². The lowest BCUT2D eigenvalue weighted by molar-refractivity contribution is 0.551. The van der Waals surface area contributed by atoms with Crippen LogP contribution < -0.4 is 16.6 Å². The monoisotopic (exact) mass is 207 g/mol. The van der Waals surface area contributed by atoms with Crippen molar-refractivity contribution < 1.29 is 0 Å². The van der Waals surface area contributed by atoms with Crippen LogP contribution >= 0.6 is 11.3 Å². The molecule has 1 aromatic rings. The molecule has 0 saturated carbocycles. The first kappa shape index (κ1) is 8.32. The van der Waals surface area contributed by atoms with E-state index in [9.17, 15) is 0 Å². The predicted octanol–water partition coefficient (Wildman–Crippen LogP) is 1.40. The van der Waals surface area contributed by atoms with Gasteiger partial charge in [-0.25, -0.2) is 5.43 Å². The number of fused-ring (bicyclic) bond motifs is 3. The van der Waals surface area contributed by atoms with Gasteiger partial charge in [-0.1, -0.05) is 0 Å². The summed E-state index contributed by atoms with van der Waals surface area (Å²) < 4.78 is 0. The molecule has 0 bridgehead atoms. The molecule has 2 heterocycles. The molecule has 1 unspecified atom stereocenters. The Balaban J connectivity index is 2.18. The number of anilines is 1. The fourth-order valence-corrected chi connectivity index (χ4v) is 3.43. The number of hydrazine groups is 1. The van der Waals surface area contributed by atoms with Crippen molar-refractivity contribution in [2.24, 2.45) is 0 Å². The summed E-state index contributed by atoms with van der Waals surface area (Å²) in [6.07, 6.45) is 4.38. The minimum Gasteiger partial charge on any atom is -0.390 e. The maximum Gasteiger partial charge on any atom is 0.0895 e. The van der Waals surface area contributed by atoms with E-state index in [0.717, 1.165) is 11.4 Å². The zero-order chi connectivity index (χ0) is 9.71. The normalized spacial score (nSPS) is 23.8. The minimum atomic E-state index is 0.486. The molecule has 1 aliphatic carbocycles. The van der Waals surface area contributed by atoms with Gasteiger partial charge in [-0.2, -0.15) is 0 Å². The lowest BCUT2D eigenvalue weighted by Crippen LogP contribution is -2.33. The van der Waals surface area contributed by atoms with Crippen LogP contribution in [0.4, 0.5) is 5.00 Å². The maximum absolute atomic E-state index is 5.95. The van der Waals surface area contributed by atoms with Crippen molar-refractivity contribution >= 4 is 21.9 Å². The molecule has 1 aromatic heterocycles. The van der Waals surface area contributed by atoms with Crippen molar-refractivity contribution in [3.05, 3.63) is 22.2 Å². The van der Waals surface area contributed by atoms with E-state index < -0.39 is 0 Å². The van der Waals surface area contributed by atoms with E-state index in [2.05, 4.69) is 24.0 Å². The first-order chi connectivity index (χ1) is 6.77. The summed E-state index contributed by atoms with van der Waals surface area (Å²) in [5.41, 5.74) is 16.4. The number of thiophene rings is 1. The second-order valence-electron chi connectivity index (χ2n) is 3.88. The van der Waals surface area contributed by atoms with Crippen molar-refractivity contribution in [2.75, 3.05) is 5.73 Å². The summed E-state index contributed by atoms with van der Waals surface area (Å²) in [6.45, 7) is 2.13. The number of hydrogen-bond donors (Lipinski definition) is 3. The molecular weight excluding hydrogens is 194 g/mol. The Bertz CT molecular complexity index is 419. The van der Waals surface area contributed by atoms with Gasteiger partial charge in [0.15, 0.2) is 0 Å². The minimum absolute atomic E-state index is 0.486. The molecule has 0 fully saturated rings. The summed E-state index contributed by atoms with van der Waals surface area (Å²) >= 11 is 1.72. The number of nitrogen functional groups attached to an aromatic ring is 1. The van der Waals surface area contributed by atoms with E-state index in [1.54, 1.807) is 11.3 Å². The summed E-state index contributed by atoms with van der Waals surface area (Å²) in [6, 6.07) is 0.486. The Labute approximate surface area is 87.0 Å². The van der Waals surface area contributed by atoms with Gasteiger partial charge in [-0.15, -0.1) is 11.3 Å². The molecule has 0 radical (unpaired) electrons. The number of rotatable bonds is 0. The van der Waals surface area contributed by atoms with E-state index in [1.807, 2.05) is 0 Å². The molecule has 3 rings (SSSR count). The second-order valence-corrected chi connectivity index (χ2v) is 4.93. The maximum atomic E-state index is 5.95. The van der Waals surface area contributed by atoms with Crippen LogP contribution in [-0.2, 0) is 6.42 Å². The fraction of sp³-hybridized carbons (Fsp3) is 0.400. The first-order valence-corrected chi connectivity index (χ1v) is 5.68. The third-order valence-electron chi connectivity index (χ3n) is 3.11. The van der Waals surface area contributed by atoms with Crippen molar-refractivity contribution in [3.8, 4) is 0 Å². The summed E-state index contributed by atoms with van der Waals surface area (Å²) in [4.78, 5) is 1.38. The van der Waals surface area contributed by atoms with Gasteiger partial charge < -0.3 is 11.2 Å². The first-order valence-electron chi connectivity index (χ1n) is 4.86. The smallest absolute Gasteiger partial charge is 0.0895 e. The Morgan fingerprint density at radius 3 is 3.29 bits per heavy atom. The standard InChI is InChI=1S/C10H13N3S/c1-5-6-2-3-8-7(4-12-13-8)9(6)14-10(5)11/h4,8,12-13H,2-3,11H2,1H3. The Hall–Kier alpha value is -1.00. The predicted molar refractivity (Wildman–Crippen MR) is 59.8 cm³/mol. The molecule has 4 N–H and O–H groups in total. The third kappa shape index (κ3) is 0.952. The van der Waals surface area contributed by atoms with E-state index in [-0.39, 0.29) is 0 Å². The van der Waals surface area contributed by atoms with Gasteiger partial charge >= 0.3 is 0 Å². The van der Waals surface area contributed by atoms with Gasteiger partial charge in [0.25, 0.3) is 0 Å². The average Bonchev–Trinajstić information content (AvgIpc) is 2.73. The molecule has 3 nitrogen and oxygen atoms in total. The Kier molecular flexibility index (Phi) is 1.63. The average molecular weight is 207 g/mol. The van der Waals surface area contributed by atoms with Gasteiger partial charge in [-0.05, 0) is 30.9 Å². The quantitative estimate of drug-likeness (QED) is 0.603. The molecule has 2 aliphatic rings. The van der Waals surface area contributed by atoms with Crippen LogP contribution in [0.15, 0.2) is 6.20 Å². The van der Waals surface area contributed by atoms with Crippen LogP contribution in [-0.4, -0.2) is 6.04 Å². The zero-order valence-corrected chi connectivity index (χ0v) is 8.87. The summed E-state index contributed by atoms with van der Waals surface area (Å²) in [7, 11) is 0. The Morgan fingerprint density at radius 1 is 1.57 bits per heavy atom. The molecule has 0 spiro atoms. The topological polar surface area (TPSA) is 50.1 Å². The number of hydrogen-bond acceptors (Lipinski definition) is 4. The SMILES string of the molecule is Cc1c(N)sc2c1CCC1NNC=C21. The fourth-order valence-electron chi connectivity index (χ4n) is 2.24. The molecule has 0 amide bonds. The molecular formula is C10H13N3S. The third-order valence-corrected chi connectivity index (χ3v) is 4.33. The molecule has 0 aromatic carbocycles. The largest absolute Gasteiger partial charge is 0.390 e. The molecule has 74 valence electrons. The van der Waals surface area contributed by atoms with Gasteiger partial charge in [0.05, 0.1) is 11.0 Å². The van der Waals surface area contributed by atoms with E-state index >= 15 is 0 Å². The highest BCUT2D eigenvalue weighted by Gasteiger charge is 2.29. The highest BCUT2D eigenvalue weighted by molar-refractivity contribution is 7.17. The molecule has 4 heteroatoms. The van der Waals surface area contributed by atoms with Crippen molar-refractivity contribution in [1.82, 2.24) is 10.9 Å². The highest BCUT2D eigenvalue weighted by atomic mass is 32.1. The molecule has 14 heavy (non-hydrogen) atoms. The van der Waals surface area contributed by atoms with Crippen LogP contribution in [0.5, 0.6) is 0 Å². The highest BCUT2D eigenvalue weighted by Crippen LogP contribution is 2.41. The van der Waals surface area contributed by atoms with Crippen LogP contribution in [0.25, 0.3) is 5.57 Å². The zero-order valence-electron chi connectivity index (χ0n) is 8.05. The summed E-state index contributed by atoms with van der Waals surface area (Å²) in [5.74, 6) is 0. The number of nitrogens with two attached hydrogens (primary N) is 1. The van der Waals surface area contributed by atoms with Crippen LogP contribution in [0.3, 0.4) is 0 Å². The van der Waals surface area contributed by atoms with Gasteiger partial charge in [0.2, 0.25) is 0 Å².